The molecule has 2 bridgehead atoms. The quantitative estimate of drug-likeness (QED) is 0.618. The highest BCUT2D eigenvalue weighted by Crippen LogP contribution is 2.33. The van der Waals surface area contributed by atoms with E-state index in [9.17, 15) is 8.42 Å². The summed E-state index contributed by atoms with van der Waals surface area (Å²) in [7, 11) is -3.33. The molecule has 4 nitrogen and oxygen atoms in total. The molecule has 1 unspecified atom stereocenters. The Morgan fingerprint density at radius 2 is 1.83 bits per heavy atom. The highest BCUT2D eigenvalue weighted by Gasteiger charge is 2.39. The average Bonchev–Trinajstić information content (AvgIpc) is 2.05. The molecule has 3 saturated heterocycles. The molecule has 3 heterocycles. The molecule has 70 valence electrons. The third kappa shape index (κ3) is 1.36. The molecule has 3 rings (SSSR count). The van der Waals surface area contributed by atoms with Crippen molar-refractivity contribution in [3.05, 3.63) is 0 Å². The van der Waals surface area contributed by atoms with Crippen LogP contribution in [0, 0.1) is 5.92 Å². The van der Waals surface area contributed by atoms with Crippen LogP contribution in [0.5, 0.6) is 0 Å². The number of hydrogen-bond acceptors (Lipinski definition) is 3. The van der Waals surface area contributed by atoms with Crippen molar-refractivity contribution in [2.75, 3.05) is 13.1 Å². The lowest BCUT2D eigenvalue weighted by molar-refractivity contribution is 0.0884. The van der Waals surface area contributed by atoms with Crippen molar-refractivity contribution < 1.29 is 8.42 Å². The molecule has 12 heavy (non-hydrogen) atoms. The topological polar surface area (TPSA) is 63.4 Å². The number of hydrogen-bond donors (Lipinski definition) is 1. The Bertz CT molecular complexity index is 267. The van der Waals surface area contributed by atoms with Gasteiger partial charge in [0.25, 0.3) is 0 Å². The first-order valence-corrected chi connectivity index (χ1v) is 5.94. The number of sulfonamides is 1. The second kappa shape index (κ2) is 2.68. The third-order valence-electron chi connectivity index (χ3n) is 2.97. The lowest BCUT2D eigenvalue weighted by Gasteiger charge is -2.43. The Labute approximate surface area is 72.8 Å². The van der Waals surface area contributed by atoms with Gasteiger partial charge in [0.2, 0.25) is 10.0 Å². The summed E-state index contributed by atoms with van der Waals surface area (Å²) >= 11 is 0. The number of nitrogens with two attached hydrogens (primary N) is 1. The standard InChI is InChI=1S/C7H14N2O2S/c8-12(10,11)7-5-6-1-3-9(7)4-2-6/h6-7H,1-5H2,(H2,8,10,11). The van der Waals surface area contributed by atoms with E-state index < -0.39 is 10.0 Å². The second-order valence-electron chi connectivity index (χ2n) is 3.76. The van der Waals surface area contributed by atoms with Gasteiger partial charge in [0.05, 0.1) is 0 Å². The predicted octanol–water partition coefficient (Wildman–Crippen LogP) is -0.283. The van der Waals surface area contributed by atoms with Gasteiger partial charge in [0.1, 0.15) is 5.37 Å². The molecule has 0 radical (unpaired) electrons. The Morgan fingerprint density at radius 3 is 2.08 bits per heavy atom. The van der Waals surface area contributed by atoms with Gasteiger partial charge in [-0.3, -0.25) is 4.90 Å². The molecule has 0 aliphatic carbocycles. The molecule has 3 aliphatic rings. The zero-order valence-corrected chi connectivity index (χ0v) is 7.76. The van der Waals surface area contributed by atoms with Crippen molar-refractivity contribution in [3.63, 3.8) is 0 Å². The van der Waals surface area contributed by atoms with Gasteiger partial charge in [-0.25, -0.2) is 13.6 Å². The first-order valence-electron chi connectivity index (χ1n) is 4.33. The van der Waals surface area contributed by atoms with E-state index in [1.807, 2.05) is 4.90 Å². The smallest absolute Gasteiger partial charge is 0.225 e. The molecule has 0 aromatic heterocycles. The van der Waals surface area contributed by atoms with E-state index in [0.29, 0.717) is 5.92 Å². The van der Waals surface area contributed by atoms with E-state index in [-0.39, 0.29) is 5.37 Å². The molecule has 2 N–H and O–H groups in total. The van der Waals surface area contributed by atoms with Crippen molar-refractivity contribution in [2.24, 2.45) is 11.1 Å². The number of piperidine rings is 3. The largest absolute Gasteiger partial charge is 0.286 e. The number of nitrogens with zero attached hydrogens (tertiary/aromatic N) is 1. The van der Waals surface area contributed by atoms with Crippen LogP contribution in [0.2, 0.25) is 0 Å². The molecule has 0 spiro atoms. The summed E-state index contributed by atoms with van der Waals surface area (Å²) in [5.41, 5.74) is 0. The molecule has 5 heteroatoms. The molecular weight excluding hydrogens is 176 g/mol. The Hall–Kier alpha value is -0.130. The lowest BCUT2D eigenvalue weighted by Crippen LogP contribution is -2.53. The van der Waals surface area contributed by atoms with Crippen molar-refractivity contribution in [1.29, 1.82) is 0 Å². The van der Waals surface area contributed by atoms with E-state index in [1.54, 1.807) is 0 Å². The minimum absolute atomic E-state index is 0.384. The second-order valence-corrected chi connectivity index (χ2v) is 5.48. The maximum atomic E-state index is 11.1. The lowest BCUT2D eigenvalue weighted by atomic mass is 9.88. The van der Waals surface area contributed by atoms with Gasteiger partial charge in [-0.05, 0) is 38.3 Å². The van der Waals surface area contributed by atoms with Gasteiger partial charge >= 0.3 is 0 Å². The molecule has 0 aromatic carbocycles. The number of fused-ring (bicyclic) bond motifs is 3. The van der Waals surface area contributed by atoms with Crippen LogP contribution in [0.15, 0.2) is 0 Å². The molecule has 0 aromatic rings. The number of rotatable bonds is 1. The SMILES string of the molecule is NS(=O)(=O)C1CC2CCN1CC2. The Kier molecular flexibility index (Phi) is 1.89. The monoisotopic (exact) mass is 190 g/mol. The fraction of sp³-hybridized carbons (Fsp3) is 1.00. The predicted molar refractivity (Wildman–Crippen MR) is 45.8 cm³/mol. The van der Waals surface area contributed by atoms with Crippen LogP contribution in [0.1, 0.15) is 19.3 Å². The first-order chi connectivity index (χ1) is 5.57. The highest BCUT2D eigenvalue weighted by molar-refractivity contribution is 7.89. The summed E-state index contributed by atoms with van der Waals surface area (Å²) in [6.45, 7) is 1.82. The van der Waals surface area contributed by atoms with Crippen LogP contribution < -0.4 is 5.14 Å². The summed E-state index contributed by atoms with van der Waals surface area (Å²) in [4.78, 5) is 2.00. The maximum absolute atomic E-state index is 11.1. The molecule has 3 fully saturated rings. The van der Waals surface area contributed by atoms with Crippen molar-refractivity contribution in [3.8, 4) is 0 Å². The normalized spacial score (nSPS) is 41.6. The molecule has 0 saturated carbocycles. The van der Waals surface area contributed by atoms with Crippen LogP contribution >= 0.6 is 0 Å². The van der Waals surface area contributed by atoms with E-state index in [1.165, 1.54) is 0 Å². The van der Waals surface area contributed by atoms with E-state index >= 15 is 0 Å². The van der Waals surface area contributed by atoms with Crippen molar-refractivity contribution in [2.45, 2.75) is 24.6 Å². The summed E-state index contributed by atoms with van der Waals surface area (Å²) in [6.07, 6.45) is 3.04. The van der Waals surface area contributed by atoms with Crippen molar-refractivity contribution >= 4 is 10.0 Å². The zero-order chi connectivity index (χ0) is 8.77. The highest BCUT2D eigenvalue weighted by atomic mass is 32.2. The van der Waals surface area contributed by atoms with E-state index in [4.69, 9.17) is 5.14 Å². The average molecular weight is 190 g/mol. The Morgan fingerprint density at radius 1 is 1.25 bits per heavy atom. The van der Waals surface area contributed by atoms with Crippen LogP contribution in [0.25, 0.3) is 0 Å². The molecule has 3 aliphatic heterocycles. The van der Waals surface area contributed by atoms with Gasteiger partial charge in [0, 0.05) is 0 Å². The number of primary sulfonamides is 1. The fourth-order valence-electron chi connectivity index (χ4n) is 2.25. The first kappa shape index (κ1) is 8.47. The summed E-state index contributed by atoms with van der Waals surface area (Å²) in [5, 5.41) is 4.74. The molecule has 0 amide bonds. The summed E-state index contributed by atoms with van der Waals surface area (Å²) in [5.74, 6) is 0.596. The summed E-state index contributed by atoms with van der Waals surface area (Å²) in [6, 6.07) is 0. The van der Waals surface area contributed by atoms with Crippen molar-refractivity contribution in [1.82, 2.24) is 4.90 Å². The third-order valence-corrected chi connectivity index (χ3v) is 4.22. The Balaban J connectivity index is 2.20. The van der Waals surface area contributed by atoms with Gasteiger partial charge in [-0.2, -0.15) is 0 Å². The minimum Gasteiger partial charge on any atom is -0.286 e. The van der Waals surface area contributed by atoms with E-state index in [2.05, 4.69) is 0 Å². The summed E-state index contributed by atoms with van der Waals surface area (Å²) < 4.78 is 22.2. The van der Waals surface area contributed by atoms with Crippen LogP contribution in [0.4, 0.5) is 0 Å². The molecule has 1 atom stereocenters. The van der Waals surface area contributed by atoms with Crippen LogP contribution in [0.3, 0.4) is 0 Å². The van der Waals surface area contributed by atoms with Gasteiger partial charge in [-0.15, -0.1) is 0 Å². The van der Waals surface area contributed by atoms with Crippen LogP contribution in [-0.4, -0.2) is 31.8 Å². The van der Waals surface area contributed by atoms with E-state index in [0.717, 1.165) is 32.4 Å². The minimum atomic E-state index is -3.33. The maximum Gasteiger partial charge on any atom is 0.225 e. The van der Waals surface area contributed by atoms with Gasteiger partial charge in [-0.1, -0.05) is 0 Å². The fourth-order valence-corrected chi connectivity index (χ4v) is 3.42. The van der Waals surface area contributed by atoms with Gasteiger partial charge in [0.15, 0.2) is 0 Å². The molecular formula is C7H14N2O2S. The van der Waals surface area contributed by atoms with Crippen LogP contribution in [-0.2, 0) is 10.0 Å². The van der Waals surface area contributed by atoms with Gasteiger partial charge < -0.3 is 0 Å². The zero-order valence-electron chi connectivity index (χ0n) is 6.94.